The van der Waals surface area contributed by atoms with Gasteiger partial charge in [0.1, 0.15) is 5.75 Å². The van der Waals surface area contributed by atoms with E-state index in [2.05, 4.69) is 5.32 Å². The number of carbonyl (C=O) groups is 2. The number of rotatable bonds is 7. The van der Waals surface area contributed by atoms with Crippen molar-refractivity contribution in [2.45, 2.75) is 32.2 Å². The summed E-state index contributed by atoms with van der Waals surface area (Å²) >= 11 is 0. The Balaban J connectivity index is 1.78. The van der Waals surface area contributed by atoms with Crippen LogP contribution in [0.2, 0.25) is 0 Å². The van der Waals surface area contributed by atoms with Crippen molar-refractivity contribution in [1.82, 2.24) is 10.2 Å². The minimum atomic E-state index is -0.0813. The Morgan fingerprint density at radius 1 is 1.21 bits per heavy atom. The highest BCUT2D eigenvalue weighted by molar-refractivity contribution is 5.94. The van der Waals surface area contributed by atoms with Crippen molar-refractivity contribution in [1.29, 1.82) is 0 Å². The zero-order valence-electron chi connectivity index (χ0n) is 14.4. The lowest BCUT2D eigenvalue weighted by atomic mass is 10.0. The molecule has 6 heteroatoms. The van der Waals surface area contributed by atoms with Crippen molar-refractivity contribution in [3.05, 3.63) is 29.8 Å². The van der Waals surface area contributed by atoms with Crippen molar-refractivity contribution >= 4 is 11.8 Å². The van der Waals surface area contributed by atoms with E-state index < -0.39 is 0 Å². The molecular formula is C18H26N2O4. The zero-order valence-corrected chi connectivity index (χ0v) is 14.4. The highest BCUT2D eigenvalue weighted by atomic mass is 16.5. The molecule has 1 heterocycles. The number of carbonyl (C=O) groups excluding carboxylic acids is 2. The van der Waals surface area contributed by atoms with Gasteiger partial charge in [0.05, 0.1) is 19.6 Å². The van der Waals surface area contributed by atoms with Crippen LogP contribution in [0.4, 0.5) is 0 Å². The Labute approximate surface area is 143 Å². The number of likely N-dealkylation sites (tertiary alicyclic amines) is 1. The highest BCUT2D eigenvalue weighted by Crippen LogP contribution is 2.15. The molecule has 0 aromatic heterocycles. The van der Waals surface area contributed by atoms with Gasteiger partial charge in [-0.15, -0.1) is 0 Å². The van der Waals surface area contributed by atoms with Gasteiger partial charge in [0.2, 0.25) is 5.91 Å². The van der Waals surface area contributed by atoms with E-state index in [0.717, 1.165) is 18.6 Å². The van der Waals surface area contributed by atoms with Crippen LogP contribution in [0.3, 0.4) is 0 Å². The molecule has 0 spiro atoms. The molecule has 6 nitrogen and oxygen atoms in total. The number of hydrogen-bond acceptors (Lipinski definition) is 4. The Hall–Kier alpha value is -2.08. The van der Waals surface area contributed by atoms with Crippen molar-refractivity contribution in [2.24, 2.45) is 0 Å². The smallest absolute Gasteiger partial charge is 0.251 e. The molecule has 1 aromatic carbocycles. The largest absolute Gasteiger partial charge is 0.494 e. The highest BCUT2D eigenvalue weighted by Gasteiger charge is 2.23. The van der Waals surface area contributed by atoms with Gasteiger partial charge in [-0.2, -0.15) is 0 Å². The first-order valence-corrected chi connectivity index (χ1v) is 8.44. The fourth-order valence-electron chi connectivity index (χ4n) is 2.76. The van der Waals surface area contributed by atoms with Crippen LogP contribution in [-0.2, 0) is 9.53 Å². The van der Waals surface area contributed by atoms with E-state index in [9.17, 15) is 9.59 Å². The normalized spacial score (nSPS) is 15.2. The van der Waals surface area contributed by atoms with Gasteiger partial charge in [-0.05, 0) is 44.0 Å². The molecule has 24 heavy (non-hydrogen) atoms. The second-order valence-electron chi connectivity index (χ2n) is 5.83. The second-order valence-corrected chi connectivity index (χ2v) is 5.83. The van der Waals surface area contributed by atoms with E-state index in [1.54, 1.807) is 31.4 Å². The van der Waals surface area contributed by atoms with Gasteiger partial charge in [0.15, 0.2) is 0 Å². The van der Waals surface area contributed by atoms with Crippen LogP contribution >= 0.6 is 0 Å². The van der Waals surface area contributed by atoms with Gasteiger partial charge >= 0.3 is 0 Å². The van der Waals surface area contributed by atoms with E-state index in [-0.39, 0.29) is 17.9 Å². The Morgan fingerprint density at radius 2 is 1.88 bits per heavy atom. The summed E-state index contributed by atoms with van der Waals surface area (Å²) in [4.78, 5) is 26.1. The summed E-state index contributed by atoms with van der Waals surface area (Å²) in [5.41, 5.74) is 0.622. The van der Waals surface area contributed by atoms with Crippen molar-refractivity contribution in [3.8, 4) is 5.75 Å². The van der Waals surface area contributed by atoms with E-state index in [1.807, 2.05) is 11.8 Å². The Kier molecular flexibility index (Phi) is 7.06. The molecule has 0 unspecified atom stereocenters. The Bertz CT molecular complexity index is 536. The molecule has 2 amide bonds. The predicted molar refractivity (Wildman–Crippen MR) is 91.2 cm³/mol. The first-order chi connectivity index (χ1) is 11.6. The minimum Gasteiger partial charge on any atom is -0.494 e. The van der Waals surface area contributed by atoms with Crippen LogP contribution in [0.1, 0.15) is 36.5 Å². The third-order valence-electron chi connectivity index (χ3n) is 4.13. The second kappa shape index (κ2) is 9.27. The summed E-state index contributed by atoms with van der Waals surface area (Å²) in [7, 11) is 1.59. The lowest BCUT2D eigenvalue weighted by Crippen LogP contribution is -2.46. The van der Waals surface area contributed by atoms with Crippen LogP contribution in [0.15, 0.2) is 24.3 Å². The maximum absolute atomic E-state index is 12.3. The molecule has 2 rings (SSSR count). The van der Waals surface area contributed by atoms with Gasteiger partial charge in [0.25, 0.3) is 5.91 Å². The van der Waals surface area contributed by atoms with E-state index in [4.69, 9.17) is 9.47 Å². The van der Waals surface area contributed by atoms with E-state index in [0.29, 0.717) is 38.3 Å². The quantitative estimate of drug-likeness (QED) is 0.826. The van der Waals surface area contributed by atoms with Gasteiger partial charge in [-0.3, -0.25) is 9.59 Å². The number of benzene rings is 1. The third-order valence-corrected chi connectivity index (χ3v) is 4.13. The molecule has 0 radical (unpaired) electrons. The number of hydrogen-bond donors (Lipinski definition) is 1. The summed E-state index contributed by atoms with van der Waals surface area (Å²) in [5.74, 6) is 0.798. The van der Waals surface area contributed by atoms with Crippen molar-refractivity contribution < 1.29 is 19.1 Å². The maximum Gasteiger partial charge on any atom is 0.251 e. The lowest BCUT2D eigenvalue weighted by molar-refractivity contribution is -0.133. The summed E-state index contributed by atoms with van der Waals surface area (Å²) in [6, 6.07) is 7.24. The molecule has 1 aliphatic heterocycles. The molecule has 0 aliphatic carbocycles. The van der Waals surface area contributed by atoms with E-state index in [1.165, 1.54) is 0 Å². The zero-order chi connectivity index (χ0) is 17.4. The summed E-state index contributed by atoms with van der Waals surface area (Å²) in [6.07, 6.45) is 1.97. The molecule has 1 aliphatic rings. The van der Waals surface area contributed by atoms with Gasteiger partial charge in [-0.1, -0.05) is 0 Å². The molecule has 0 saturated carbocycles. The standard InChI is InChI=1S/C18H26N2O4/c1-3-24-16-6-4-14(5-7-16)18(22)19-15-8-11-20(12-9-15)17(21)10-13-23-2/h4-7,15H,3,8-13H2,1-2H3,(H,19,22). The van der Waals surface area contributed by atoms with Gasteiger partial charge in [0, 0.05) is 31.8 Å². The fourth-order valence-corrected chi connectivity index (χ4v) is 2.76. The predicted octanol–water partition coefficient (Wildman–Crippen LogP) is 1.84. The van der Waals surface area contributed by atoms with Crippen LogP contribution in [-0.4, -0.2) is 56.2 Å². The third kappa shape index (κ3) is 5.23. The number of piperidine rings is 1. The summed E-state index contributed by atoms with van der Waals surface area (Å²) < 4.78 is 10.3. The van der Waals surface area contributed by atoms with Crippen molar-refractivity contribution in [2.75, 3.05) is 33.4 Å². The average molecular weight is 334 g/mol. The maximum atomic E-state index is 12.3. The number of amides is 2. The Morgan fingerprint density at radius 3 is 2.46 bits per heavy atom. The summed E-state index contributed by atoms with van der Waals surface area (Å²) in [5, 5.41) is 3.05. The monoisotopic (exact) mass is 334 g/mol. The van der Waals surface area contributed by atoms with Crippen LogP contribution in [0, 0.1) is 0 Å². The SMILES string of the molecule is CCOc1ccc(C(=O)NC2CCN(C(=O)CCOC)CC2)cc1. The van der Waals surface area contributed by atoms with Crippen LogP contribution < -0.4 is 10.1 Å². The molecule has 0 bridgehead atoms. The minimum absolute atomic E-state index is 0.0813. The van der Waals surface area contributed by atoms with Gasteiger partial charge in [-0.25, -0.2) is 0 Å². The van der Waals surface area contributed by atoms with Crippen LogP contribution in [0.5, 0.6) is 5.75 Å². The van der Waals surface area contributed by atoms with E-state index >= 15 is 0 Å². The molecule has 1 fully saturated rings. The number of methoxy groups -OCH3 is 1. The number of nitrogens with one attached hydrogen (secondary N) is 1. The first kappa shape index (κ1) is 18.3. The molecule has 0 atom stereocenters. The molecule has 132 valence electrons. The van der Waals surface area contributed by atoms with Crippen LogP contribution in [0.25, 0.3) is 0 Å². The molecule has 1 N–H and O–H groups in total. The average Bonchev–Trinajstić information content (AvgIpc) is 2.61. The molecular weight excluding hydrogens is 308 g/mol. The molecule has 1 saturated heterocycles. The lowest BCUT2D eigenvalue weighted by Gasteiger charge is -2.32. The fraction of sp³-hybridized carbons (Fsp3) is 0.556. The first-order valence-electron chi connectivity index (χ1n) is 8.44. The molecule has 1 aromatic rings. The summed E-state index contributed by atoms with van der Waals surface area (Å²) in [6.45, 7) is 4.33. The number of nitrogens with zero attached hydrogens (tertiary/aromatic N) is 1. The number of ether oxygens (including phenoxy) is 2. The topological polar surface area (TPSA) is 67.9 Å². The van der Waals surface area contributed by atoms with Crippen molar-refractivity contribution in [3.63, 3.8) is 0 Å². The van der Waals surface area contributed by atoms with Gasteiger partial charge < -0.3 is 19.7 Å².